The van der Waals surface area contributed by atoms with Crippen molar-refractivity contribution in [1.82, 2.24) is 4.90 Å². The molecule has 0 aliphatic heterocycles. The molecular weight excluding hydrogens is 361 g/mol. The van der Waals surface area contributed by atoms with Gasteiger partial charge in [0.1, 0.15) is 18.9 Å². The summed E-state index contributed by atoms with van der Waals surface area (Å²) < 4.78 is 14.1. The van der Waals surface area contributed by atoms with Gasteiger partial charge in [0.25, 0.3) is 0 Å². The predicted molar refractivity (Wildman–Crippen MR) is 107 cm³/mol. The minimum absolute atomic E-state index is 0.0740. The topological polar surface area (TPSA) is 92.5 Å². The molecule has 3 N–H and O–H groups in total. The van der Waals surface area contributed by atoms with Crippen molar-refractivity contribution in [3.05, 3.63) is 58.9 Å². The van der Waals surface area contributed by atoms with Gasteiger partial charge < -0.3 is 20.6 Å². The summed E-state index contributed by atoms with van der Waals surface area (Å²) >= 11 is 0. The van der Waals surface area contributed by atoms with Crippen molar-refractivity contribution in [3.63, 3.8) is 0 Å². The zero-order valence-electron chi connectivity index (χ0n) is 15.7. The molecule has 2 rings (SSSR count). The summed E-state index contributed by atoms with van der Waals surface area (Å²) in [6.45, 7) is 0.511. The molecule has 0 saturated heterocycles. The number of anilines is 2. The lowest BCUT2D eigenvalue weighted by Gasteiger charge is -2.25. The Kier molecular flexibility index (Phi) is 7.83. The number of carbonyl (C=O) groups excluding carboxylic acids is 3. The number of hydrogen-bond acceptors (Lipinski definition) is 6. The van der Waals surface area contributed by atoms with Gasteiger partial charge in [-0.1, -0.05) is 24.3 Å². The number of rotatable bonds is 11. The maximum absolute atomic E-state index is 14.1. The van der Waals surface area contributed by atoms with Gasteiger partial charge in [-0.05, 0) is 31.2 Å². The number of nitrogens with two attached hydrogens (primary N) is 1. The minimum Gasteiger partial charge on any atom is -0.396 e. The van der Waals surface area contributed by atoms with Crippen molar-refractivity contribution in [3.8, 4) is 0 Å². The van der Waals surface area contributed by atoms with Crippen molar-refractivity contribution in [2.45, 2.75) is 32.0 Å². The van der Waals surface area contributed by atoms with Crippen LogP contribution in [0.4, 0.5) is 15.8 Å². The van der Waals surface area contributed by atoms with Gasteiger partial charge in [-0.3, -0.25) is 9.69 Å². The monoisotopic (exact) mass is 385 g/mol. The fraction of sp³-hybridized carbons (Fsp3) is 0.286. The molecule has 2 aromatic rings. The molecule has 0 amide bonds. The van der Waals surface area contributed by atoms with Gasteiger partial charge >= 0.3 is 0 Å². The van der Waals surface area contributed by atoms with E-state index in [1.54, 1.807) is 42.3 Å². The van der Waals surface area contributed by atoms with Crippen molar-refractivity contribution < 1.29 is 18.8 Å². The number of benzene rings is 2. The summed E-state index contributed by atoms with van der Waals surface area (Å²) in [5.41, 5.74) is 7.93. The fourth-order valence-corrected chi connectivity index (χ4v) is 2.98. The molecule has 0 spiro atoms. The summed E-state index contributed by atoms with van der Waals surface area (Å²) in [7, 11) is 1.76. The molecule has 7 heteroatoms. The van der Waals surface area contributed by atoms with Crippen molar-refractivity contribution in [1.29, 1.82) is 0 Å². The Bertz CT molecular complexity index is 842. The fourth-order valence-electron chi connectivity index (χ4n) is 2.98. The maximum Gasteiger partial charge on any atom is 0.151 e. The van der Waals surface area contributed by atoms with Gasteiger partial charge in [-0.2, -0.15) is 0 Å². The van der Waals surface area contributed by atoms with E-state index in [2.05, 4.69) is 5.32 Å². The van der Waals surface area contributed by atoms with E-state index >= 15 is 0 Å². The first-order valence-corrected chi connectivity index (χ1v) is 8.94. The van der Waals surface area contributed by atoms with Gasteiger partial charge in [0.2, 0.25) is 0 Å². The lowest BCUT2D eigenvalue weighted by Crippen LogP contribution is -2.33. The van der Waals surface area contributed by atoms with Crippen LogP contribution in [-0.2, 0) is 22.7 Å². The summed E-state index contributed by atoms with van der Waals surface area (Å²) in [4.78, 5) is 35.3. The highest BCUT2D eigenvalue weighted by Crippen LogP contribution is 2.24. The molecule has 0 radical (unpaired) electrons. The molecule has 1 atom stereocenters. The Balaban J connectivity index is 2.23. The Morgan fingerprint density at radius 3 is 2.61 bits per heavy atom. The Hall–Kier alpha value is -3.06. The largest absolute Gasteiger partial charge is 0.396 e. The van der Waals surface area contributed by atoms with E-state index in [0.29, 0.717) is 35.3 Å². The second-order valence-corrected chi connectivity index (χ2v) is 6.53. The number of nitrogens with one attached hydrogen (secondary N) is 1. The van der Waals surface area contributed by atoms with Crippen LogP contribution in [0, 0.1) is 5.82 Å². The normalized spacial score (nSPS) is 11.8. The first kappa shape index (κ1) is 21.2. The van der Waals surface area contributed by atoms with Gasteiger partial charge in [0.15, 0.2) is 5.82 Å². The van der Waals surface area contributed by atoms with Gasteiger partial charge in [-0.15, -0.1) is 0 Å². The first-order chi connectivity index (χ1) is 13.5. The molecule has 148 valence electrons. The maximum atomic E-state index is 14.1. The third-order valence-corrected chi connectivity index (χ3v) is 4.63. The number of carbonyl (C=O) groups is 3. The van der Waals surface area contributed by atoms with Crippen LogP contribution in [-0.4, -0.2) is 36.8 Å². The Labute approximate surface area is 163 Å². The summed E-state index contributed by atoms with van der Waals surface area (Å²) in [6.07, 6.45) is 3.00. The van der Waals surface area contributed by atoms with E-state index < -0.39 is 11.9 Å². The van der Waals surface area contributed by atoms with E-state index in [0.717, 1.165) is 18.9 Å². The second-order valence-electron chi connectivity index (χ2n) is 6.53. The highest BCUT2D eigenvalue weighted by atomic mass is 19.1. The quantitative estimate of drug-likeness (QED) is 0.456. The lowest BCUT2D eigenvalue weighted by molar-refractivity contribution is -0.113. The van der Waals surface area contributed by atoms with E-state index in [9.17, 15) is 18.8 Å². The van der Waals surface area contributed by atoms with Crippen molar-refractivity contribution in [2.24, 2.45) is 0 Å². The summed E-state index contributed by atoms with van der Waals surface area (Å²) in [5, 5.41) is 3.15. The molecule has 0 heterocycles. The number of nitrogens with zero attached hydrogens (tertiary/aromatic N) is 1. The van der Waals surface area contributed by atoms with E-state index in [-0.39, 0.29) is 18.7 Å². The van der Waals surface area contributed by atoms with Crippen LogP contribution in [0.2, 0.25) is 0 Å². The SMILES string of the molecule is CN(Cc1c(C=O)cccc1NCc1cccc(N)c1F)C(C=O)CCC=O. The molecule has 1 unspecified atom stereocenters. The van der Waals surface area contributed by atoms with Crippen LogP contribution in [0.1, 0.15) is 34.3 Å². The van der Waals surface area contributed by atoms with Crippen LogP contribution < -0.4 is 11.1 Å². The zero-order valence-corrected chi connectivity index (χ0v) is 15.7. The molecule has 6 nitrogen and oxygen atoms in total. The summed E-state index contributed by atoms with van der Waals surface area (Å²) in [5.74, 6) is -0.477. The number of hydrogen-bond donors (Lipinski definition) is 2. The van der Waals surface area contributed by atoms with E-state index in [4.69, 9.17) is 5.73 Å². The van der Waals surface area contributed by atoms with Crippen molar-refractivity contribution >= 4 is 30.2 Å². The standard InChI is InChI=1S/C21H24FN3O3/c1-25(17(14-28)7-4-10-26)12-18-16(13-27)6-3-9-20(18)24-11-15-5-2-8-19(23)21(15)22/h2-3,5-6,8-10,13-14,17,24H,4,7,11-12,23H2,1H3. The summed E-state index contributed by atoms with van der Waals surface area (Å²) in [6, 6.07) is 9.57. The molecular formula is C21H24FN3O3. The molecule has 0 aliphatic carbocycles. The lowest BCUT2D eigenvalue weighted by atomic mass is 10.0. The Morgan fingerprint density at radius 1 is 1.18 bits per heavy atom. The third kappa shape index (κ3) is 5.23. The number of likely N-dealkylation sites (N-methyl/N-ethyl adjacent to an activating group) is 1. The second kappa shape index (κ2) is 10.3. The number of aldehydes is 3. The first-order valence-electron chi connectivity index (χ1n) is 8.94. The molecule has 0 bridgehead atoms. The van der Waals surface area contributed by atoms with Crippen LogP contribution in [0.5, 0.6) is 0 Å². The van der Waals surface area contributed by atoms with Crippen LogP contribution in [0.3, 0.4) is 0 Å². The number of halogens is 1. The predicted octanol–water partition coefficient (Wildman–Crippen LogP) is 2.81. The average molecular weight is 385 g/mol. The minimum atomic E-state index is -0.477. The highest BCUT2D eigenvalue weighted by Gasteiger charge is 2.17. The molecule has 0 aromatic heterocycles. The Morgan fingerprint density at radius 2 is 1.93 bits per heavy atom. The molecule has 0 saturated carbocycles. The zero-order chi connectivity index (χ0) is 20.5. The van der Waals surface area contributed by atoms with Gasteiger partial charge in [0, 0.05) is 36.3 Å². The van der Waals surface area contributed by atoms with Crippen LogP contribution >= 0.6 is 0 Å². The van der Waals surface area contributed by atoms with Gasteiger partial charge in [0.05, 0.1) is 11.7 Å². The van der Waals surface area contributed by atoms with Crippen LogP contribution in [0.25, 0.3) is 0 Å². The van der Waals surface area contributed by atoms with Gasteiger partial charge in [-0.25, -0.2) is 4.39 Å². The van der Waals surface area contributed by atoms with E-state index in [1.165, 1.54) is 6.07 Å². The molecule has 0 fully saturated rings. The number of nitrogen functional groups attached to an aromatic ring is 1. The molecule has 0 aliphatic rings. The molecule has 28 heavy (non-hydrogen) atoms. The van der Waals surface area contributed by atoms with Crippen LogP contribution in [0.15, 0.2) is 36.4 Å². The third-order valence-electron chi connectivity index (χ3n) is 4.63. The molecule has 2 aromatic carbocycles. The highest BCUT2D eigenvalue weighted by molar-refractivity contribution is 5.81. The van der Waals surface area contributed by atoms with E-state index in [1.807, 2.05) is 0 Å². The smallest absolute Gasteiger partial charge is 0.151 e. The van der Waals surface area contributed by atoms with Crippen molar-refractivity contribution in [2.75, 3.05) is 18.1 Å². The average Bonchev–Trinajstić information content (AvgIpc) is 2.70.